The van der Waals surface area contributed by atoms with E-state index in [-0.39, 0.29) is 16.0 Å². The van der Waals surface area contributed by atoms with Crippen LogP contribution in [0.4, 0.5) is 17.6 Å². The molecule has 96 valence electrons. The molecule has 8 heteroatoms. The Bertz CT molecular complexity index is 569. The maximum atomic E-state index is 12.8. The third-order valence-electron chi connectivity index (χ3n) is 1.87. The largest absolute Gasteiger partial charge is 0.434 e. The van der Waals surface area contributed by atoms with Crippen LogP contribution in [-0.4, -0.2) is 4.98 Å². The van der Waals surface area contributed by atoms with Crippen molar-refractivity contribution in [2.75, 3.05) is 0 Å². The molecule has 0 radical (unpaired) electrons. The zero-order valence-corrected chi connectivity index (χ0v) is 10.0. The minimum Gasteiger partial charge on any atom is -0.431 e. The number of halogens is 5. The lowest BCUT2D eigenvalue weighted by Gasteiger charge is -2.03. The van der Waals surface area contributed by atoms with E-state index in [0.717, 1.165) is 17.5 Å². The summed E-state index contributed by atoms with van der Waals surface area (Å²) in [6.07, 6.45) is -4.52. The molecule has 1 heterocycles. The van der Waals surface area contributed by atoms with Crippen LogP contribution in [0.5, 0.6) is 10.9 Å². The van der Waals surface area contributed by atoms with Crippen molar-refractivity contribution in [1.82, 2.24) is 4.98 Å². The van der Waals surface area contributed by atoms with Gasteiger partial charge < -0.3 is 4.74 Å². The van der Waals surface area contributed by atoms with E-state index in [9.17, 15) is 17.6 Å². The molecule has 2 aromatic rings. The number of thiazole rings is 1. The average molecular weight is 298 g/mol. The summed E-state index contributed by atoms with van der Waals surface area (Å²) >= 11 is 6.20. The van der Waals surface area contributed by atoms with E-state index in [2.05, 4.69) is 4.98 Å². The lowest BCUT2D eigenvalue weighted by molar-refractivity contribution is -0.140. The van der Waals surface area contributed by atoms with Gasteiger partial charge in [0.1, 0.15) is 11.6 Å². The predicted molar refractivity (Wildman–Crippen MR) is 58.6 cm³/mol. The fraction of sp³-hybridized carbons (Fsp3) is 0.100. The van der Waals surface area contributed by atoms with E-state index in [1.54, 1.807) is 0 Å². The van der Waals surface area contributed by atoms with Gasteiger partial charge in [-0.05, 0) is 12.1 Å². The van der Waals surface area contributed by atoms with Gasteiger partial charge in [0.15, 0.2) is 5.69 Å². The predicted octanol–water partition coefficient (Wildman–Crippen LogP) is 4.75. The summed E-state index contributed by atoms with van der Waals surface area (Å²) in [7, 11) is 0. The molecule has 0 amide bonds. The second-order valence-electron chi connectivity index (χ2n) is 3.17. The summed E-state index contributed by atoms with van der Waals surface area (Å²) in [5, 5.41) is 0.464. The lowest BCUT2D eigenvalue weighted by Crippen LogP contribution is -2.04. The van der Waals surface area contributed by atoms with Crippen molar-refractivity contribution < 1.29 is 22.3 Å². The summed E-state index contributed by atoms with van der Waals surface area (Å²) in [4.78, 5) is 3.26. The molecule has 18 heavy (non-hydrogen) atoms. The number of nitrogens with zero attached hydrogens (tertiary/aromatic N) is 1. The Balaban J connectivity index is 2.19. The molecule has 0 saturated carbocycles. The van der Waals surface area contributed by atoms with Crippen LogP contribution in [0.2, 0.25) is 5.02 Å². The third-order valence-corrected chi connectivity index (χ3v) is 2.88. The molecule has 0 aliphatic carbocycles. The second kappa shape index (κ2) is 4.74. The summed E-state index contributed by atoms with van der Waals surface area (Å²) in [6.45, 7) is 0. The fourth-order valence-corrected chi connectivity index (χ4v) is 1.94. The topological polar surface area (TPSA) is 22.1 Å². The number of ether oxygens (including phenoxy) is 1. The van der Waals surface area contributed by atoms with Crippen molar-refractivity contribution in [1.29, 1.82) is 0 Å². The molecule has 0 aliphatic heterocycles. The molecule has 0 aliphatic rings. The molecule has 0 fully saturated rings. The van der Waals surface area contributed by atoms with Gasteiger partial charge in [0, 0.05) is 11.4 Å². The van der Waals surface area contributed by atoms with Gasteiger partial charge in [-0.2, -0.15) is 18.2 Å². The molecule has 2 nitrogen and oxygen atoms in total. The van der Waals surface area contributed by atoms with Crippen molar-refractivity contribution in [3.05, 3.63) is 40.1 Å². The molecule has 0 bridgehead atoms. The molecule has 0 N–H and O–H groups in total. The maximum absolute atomic E-state index is 12.8. The zero-order valence-electron chi connectivity index (χ0n) is 8.46. The first-order valence-corrected chi connectivity index (χ1v) is 5.77. The van der Waals surface area contributed by atoms with Gasteiger partial charge in [-0.15, -0.1) is 0 Å². The highest BCUT2D eigenvalue weighted by Gasteiger charge is 2.34. The highest BCUT2D eigenvalue weighted by Crippen LogP contribution is 2.34. The maximum Gasteiger partial charge on any atom is 0.434 e. The standard InChI is InChI=1S/C10H4ClF4NOS/c11-6-3-5(1-2-7(6)12)17-9-16-8(4-18-9)10(13,14)15/h1-4H. The fourth-order valence-electron chi connectivity index (χ4n) is 1.08. The lowest BCUT2D eigenvalue weighted by atomic mass is 10.3. The normalized spacial score (nSPS) is 11.6. The molecule has 1 aromatic heterocycles. The van der Waals surface area contributed by atoms with Gasteiger partial charge in [-0.1, -0.05) is 22.9 Å². The van der Waals surface area contributed by atoms with Crippen LogP contribution in [0, 0.1) is 5.82 Å². The van der Waals surface area contributed by atoms with Crippen LogP contribution in [0.1, 0.15) is 5.69 Å². The van der Waals surface area contributed by atoms with Crippen LogP contribution >= 0.6 is 22.9 Å². The van der Waals surface area contributed by atoms with Crippen molar-refractivity contribution in [2.45, 2.75) is 6.18 Å². The van der Waals surface area contributed by atoms with Crippen LogP contribution in [0.15, 0.2) is 23.6 Å². The Morgan fingerprint density at radius 2 is 2.00 bits per heavy atom. The first-order valence-electron chi connectivity index (χ1n) is 4.52. The first-order chi connectivity index (χ1) is 8.36. The van der Waals surface area contributed by atoms with Crippen molar-refractivity contribution >= 4 is 22.9 Å². The van der Waals surface area contributed by atoms with Gasteiger partial charge in [-0.25, -0.2) is 4.39 Å². The van der Waals surface area contributed by atoms with Gasteiger partial charge in [0.05, 0.1) is 5.02 Å². The summed E-state index contributed by atoms with van der Waals surface area (Å²) < 4.78 is 54.7. The van der Waals surface area contributed by atoms with Gasteiger partial charge in [0.25, 0.3) is 5.19 Å². The second-order valence-corrected chi connectivity index (χ2v) is 4.40. The minimum atomic E-state index is -4.52. The molecule has 1 aromatic carbocycles. The summed E-state index contributed by atoms with van der Waals surface area (Å²) in [6, 6.07) is 3.46. The molecule has 0 unspecified atom stereocenters. The highest BCUT2D eigenvalue weighted by atomic mass is 35.5. The molecule has 2 rings (SSSR count). The molecular weight excluding hydrogens is 294 g/mol. The number of hydrogen-bond acceptors (Lipinski definition) is 3. The molecule has 0 atom stereocenters. The summed E-state index contributed by atoms with van der Waals surface area (Å²) in [5.74, 6) is -0.524. The van der Waals surface area contributed by atoms with E-state index in [0.29, 0.717) is 11.3 Å². The SMILES string of the molecule is Fc1ccc(Oc2nc(C(F)(F)F)cs2)cc1Cl. The first kappa shape index (κ1) is 13.1. The molecule has 0 saturated heterocycles. The van der Waals surface area contributed by atoms with Crippen LogP contribution in [0.3, 0.4) is 0 Å². The van der Waals surface area contributed by atoms with Crippen molar-refractivity contribution in [3.63, 3.8) is 0 Å². The monoisotopic (exact) mass is 297 g/mol. The Labute approximate surface area is 108 Å². The number of rotatable bonds is 2. The van der Waals surface area contributed by atoms with Gasteiger partial charge >= 0.3 is 6.18 Å². The number of benzene rings is 1. The van der Waals surface area contributed by atoms with Crippen molar-refractivity contribution in [2.24, 2.45) is 0 Å². The van der Waals surface area contributed by atoms with Gasteiger partial charge in [-0.3, -0.25) is 0 Å². The Kier molecular flexibility index (Phi) is 3.45. The highest BCUT2D eigenvalue weighted by molar-refractivity contribution is 7.11. The van der Waals surface area contributed by atoms with E-state index in [4.69, 9.17) is 16.3 Å². The minimum absolute atomic E-state index is 0.115. The number of hydrogen-bond donors (Lipinski definition) is 0. The summed E-state index contributed by atoms with van der Waals surface area (Å²) in [5.41, 5.74) is -1.03. The third kappa shape index (κ3) is 2.91. The Morgan fingerprint density at radius 3 is 2.56 bits per heavy atom. The van der Waals surface area contributed by atoms with Crippen LogP contribution in [-0.2, 0) is 6.18 Å². The molecular formula is C10H4ClF4NOS. The van der Waals surface area contributed by atoms with E-state index in [1.165, 1.54) is 6.07 Å². The smallest absolute Gasteiger partial charge is 0.431 e. The molecule has 0 spiro atoms. The average Bonchev–Trinajstić information content (AvgIpc) is 2.72. The zero-order chi connectivity index (χ0) is 13.3. The number of aromatic nitrogens is 1. The van der Waals surface area contributed by atoms with E-state index in [1.807, 2.05) is 0 Å². The van der Waals surface area contributed by atoms with Crippen molar-refractivity contribution in [3.8, 4) is 10.9 Å². The van der Waals surface area contributed by atoms with E-state index >= 15 is 0 Å². The van der Waals surface area contributed by atoms with Crippen LogP contribution in [0.25, 0.3) is 0 Å². The van der Waals surface area contributed by atoms with E-state index < -0.39 is 17.7 Å². The Hall–Kier alpha value is -1.34. The van der Waals surface area contributed by atoms with Gasteiger partial charge in [0.2, 0.25) is 0 Å². The quantitative estimate of drug-likeness (QED) is 0.747. The van der Waals surface area contributed by atoms with Crippen LogP contribution < -0.4 is 4.74 Å². The Morgan fingerprint density at radius 1 is 1.28 bits per heavy atom. The number of alkyl halides is 3.